The van der Waals surface area contributed by atoms with Crippen molar-refractivity contribution in [2.75, 3.05) is 0 Å². The normalized spacial score (nSPS) is 10.8. The van der Waals surface area contributed by atoms with Gasteiger partial charge in [0, 0.05) is 0 Å². The number of hydrogen-bond donors (Lipinski definition) is 0. The third-order valence-electron chi connectivity index (χ3n) is 4.48. The lowest BCUT2D eigenvalue weighted by molar-refractivity contribution is 1.50. The minimum atomic E-state index is 1.26. The van der Waals surface area contributed by atoms with Crippen molar-refractivity contribution in [2.24, 2.45) is 0 Å². The summed E-state index contributed by atoms with van der Waals surface area (Å²) in [5.41, 5.74) is 6.48. The van der Waals surface area contributed by atoms with E-state index in [-0.39, 0.29) is 0 Å². The highest BCUT2D eigenvalue weighted by Gasteiger charge is 2.11. The van der Waals surface area contributed by atoms with Crippen LogP contribution in [0.25, 0.3) is 33.0 Å². The number of fused-ring (bicyclic) bond motifs is 1. The van der Waals surface area contributed by atoms with Crippen LogP contribution in [0.1, 0.15) is 5.56 Å². The molecular formula is C23H18. The van der Waals surface area contributed by atoms with E-state index in [1.807, 2.05) is 0 Å². The molecule has 0 aromatic heterocycles. The predicted molar refractivity (Wildman–Crippen MR) is 99.6 cm³/mol. The fourth-order valence-corrected chi connectivity index (χ4v) is 3.29. The highest BCUT2D eigenvalue weighted by Crippen LogP contribution is 2.37. The van der Waals surface area contributed by atoms with Crippen molar-refractivity contribution in [2.45, 2.75) is 6.92 Å². The van der Waals surface area contributed by atoms with Gasteiger partial charge in [-0.2, -0.15) is 0 Å². The zero-order chi connectivity index (χ0) is 15.6. The summed E-state index contributed by atoms with van der Waals surface area (Å²) in [6.45, 7) is 2.22. The van der Waals surface area contributed by atoms with E-state index in [4.69, 9.17) is 0 Å². The summed E-state index contributed by atoms with van der Waals surface area (Å²) in [7, 11) is 0. The van der Waals surface area contributed by atoms with E-state index >= 15 is 0 Å². The SMILES string of the molecule is Cc1c(-c2ccccc2)cc(-c2ccccc2)c2ccccc12. The molecule has 0 amide bonds. The minimum absolute atomic E-state index is 1.26. The molecule has 0 atom stereocenters. The molecule has 0 bridgehead atoms. The number of rotatable bonds is 2. The van der Waals surface area contributed by atoms with Gasteiger partial charge in [0.15, 0.2) is 0 Å². The molecule has 4 aromatic rings. The first-order valence-electron chi connectivity index (χ1n) is 7.98. The van der Waals surface area contributed by atoms with Crippen LogP contribution in [-0.2, 0) is 0 Å². The maximum absolute atomic E-state index is 2.34. The Hall–Kier alpha value is -2.86. The van der Waals surface area contributed by atoms with Crippen molar-refractivity contribution >= 4 is 10.8 Å². The summed E-state index contributed by atoms with van der Waals surface area (Å²) >= 11 is 0. The Labute approximate surface area is 137 Å². The third kappa shape index (κ3) is 2.43. The molecule has 0 aliphatic carbocycles. The topological polar surface area (TPSA) is 0 Å². The van der Waals surface area contributed by atoms with Gasteiger partial charge in [-0.1, -0.05) is 84.9 Å². The summed E-state index contributed by atoms with van der Waals surface area (Å²) in [4.78, 5) is 0. The molecule has 0 saturated carbocycles. The molecule has 4 rings (SSSR count). The van der Waals surface area contributed by atoms with Gasteiger partial charge in [0.1, 0.15) is 0 Å². The second-order valence-corrected chi connectivity index (χ2v) is 5.87. The summed E-state index contributed by atoms with van der Waals surface area (Å²) < 4.78 is 0. The van der Waals surface area contributed by atoms with Crippen LogP contribution in [0.2, 0.25) is 0 Å². The highest BCUT2D eigenvalue weighted by molar-refractivity contribution is 6.02. The van der Waals surface area contributed by atoms with Gasteiger partial charge < -0.3 is 0 Å². The van der Waals surface area contributed by atoms with E-state index < -0.39 is 0 Å². The second-order valence-electron chi connectivity index (χ2n) is 5.87. The van der Waals surface area contributed by atoms with Crippen LogP contribution in [0.15, 0.2) is 91.0 Å². The monoisotopic (exact) mass is 294 g/mol. The maximum Gasteiger partial charge on any atom is -0.00990 e. The lowest BCUT2D eigenvalue weighted by Crippen LogP contribution is -1.90. The van der Waals surface area contributed by atoms with Crippen LogP contribution in [0.5, 0.6) is 0 Å². The standard InChI is InChI=1S/C23H18/c1-17-20-14-8-9-15-21(20)23(19-12-6-3-7-13-19)16-22(17)18-10-4-2-5-11-18/h2-16H,1H3. The van der Waals surface area contributed by atoms with Crippen LogP contribution in [0, 0.1) is 6.92 Å². The Morgan fingerprint density at radius 3 is 1.57 bits per heavy atom. The van der Waals surface area contributed by atoms with Gasteiger partial charge in [-0.15, -0.1) is 0 Å². The van der Waals surface area contributed by atoms with Crippen LogP contribution < -0.4 is 0 Å². The van der Waals surface area contributed by atoms with Gasteiger partial charge in [0.05, 0.1) is 0 Å². The molecule has 0 aliphatic rings. The van der Waals surface area contributed by atoms with E-state index in [0.29, 0.717) is 0 Å². The average Bonchev–Trinajstić information content (AvgIpc) is 2.64. The van der Waals surface area contributed by atoms with Crippen molar-refractivity contribution in [3.63, 3.8) is 0 Å². The molecule has 0 heterocycles. The average molecular weight is 294 g/mol. The van der Waals surface area contributed by atoms with Gasteiger partial charge in [0.2, 0.25) is 0 Å². The Kier molecular flexibility index (Phi) is 3.44. The largest absolute Gasteiger partial charge is 0.0622 e. The Morgan fingerprint density at radius 2 is 0.957 bits per heavy atom. The van der Waals surface area contributed by atoms with E-state index in [9.17, 15) is 0 Å². The molecule has 4 aromatic carbocycles. The Morgan fingerprint density at radius 1 is 0.478 bits per heavy atom. The second kappa shape index (κ2) is 5.73. The number of aryl methyl sites for hydroxylation is 1. The highest BCUT2D eigenvalue weighted by atomic mass is 14.1. The summed E-state index contributed by atoms with van der Waals surface area (Å²) in [6.07, 6.45) is 0. The van der Waals surface area contributed by atoms with Gasteiger partial charge in [-0.05, 0) is 51.6 Å². The van der Waals surface area contributed by atoms with Crippen molar-refractivity contribution < 1.29 is 0 Å². The number of hydrogen-bond acceptors (Lipinski definition) is 0. The predicted octanol–water partition coefficient (Wildman–Crippen LogP) is 6.48. The Balaban J connectivity index is 2.08. The molecule has 110 valence electrons. The quantitative estimate of drug-likeness (QED) is 0.397. The molecule has 0 spiro atoms. The lowest BCUT2D eigenvalue weighted by atomic mass is 9.89. The number of benzene rings is 4. The first-order valence-corrected chi connectivity index (χ1v) is 7.98. The van der Waals surface area contributed by atoms with Gasteiger partial charge in [-0.25, -0.2) is 0 Å². The van der Waals surface area contributed by atoms with E-state index in [1.54, 1.807) is 0 Å². The fraction of sp³-hybridized carbons (Fsp3) is 0.0435. The maximum atomic E-state index is 2.34. The minimum Gasteiger partial charge on any atom is -0.0622 e. The smallest absolute Gasteiger partial charge is 0.00990 e. The summed E-state index contributed by atoms with van der Waals surface area (Å²) in [5.74, 6) is 0. The van der Waals surface area contributed by atoms with E-state index in [2.05, 4.69) is 97.9 Å². The van der Waals surface area contributed by atoms with Crippen LogP contribution in [0.3, 0.4) is 0 Å². The van der Waals surface area contributed by atoms with Gasteiger partial charge >= 0.3 is 0 Å². The lowest BCUT2D eigenvalue weighted by Gasteiger charge is -2.15. The molecule has 0 nitrogen and oxygen atoms in total. The molecule has 23 heavy (non-hydrogen) atoms. The molecular weight excluding hydrogens is 276 g/mol. The first kappa shape index (κ1) is 13.8. The molecule has 0 aliphatic heterocycles. The van der Waals surface area contributed by atoms with Crippen molar-refractivity contribution in [1.82, 2.24) is 0 Å². The summed E-state index contributed by atoms with van der Waals surface area (Å²) in [5, 5.41) is 2.64. The molecule has 0 radical (unpaired) electrons. The van der Waals surface area contributed by atoms with Crippen molar-refractivity contribution in [3.8, 4) is 22.3 Å². The third-order valence-corrected chi connectivity index (χ3v) is 4.48. The fourth-order valence-electron chi connectivity index (χ4n) is 3.29. The van der Waals surface area contributed by atoms with E-state index in [1.165, 1.54) is 38.6 Å². The summed E-state index contributed by atoms with van der Waals surface area (Å²) in [6, 6.07) is 32.3. The molecule has 0 heteroatoms. The molecule has 0 unspecified atom stereocenters. The molecule has 0 N–H and O–H groups in total. The van der Waals surface area contributed by atoms with E-state index in [0.717, 1.165) is 0 Å². The zero-order valence-electron chi connectivity index (χ0n) is 13.2. The van der Waals surface area contributed by atoms with Gasteiger partial charge in [0.25, 0.3) is 0 Å². The Bertz CT molecular complexity index is 951. The van der Waals surface area contributed by atoms with Crippen LogP contribution in [0.4, 0.5) is 0 Å². The molecule has 0 saturated heterocycles. The van der Waals surface area contributed by atoms with Gasteiger partial charge in [-0.3, -0.25) is 0 Å². The van der Waals surface area contributed by atoms with Crippen LogP contribution in [-0.4, -0.2) is 0 Å². The molecule has 0 fully saturated rings. The van der Waals surface area contributed by atoms with Crippen LogP contribution >= 0.6 is 0 Å². The zero-order valence-corrected chi connectivity index (χ0v) is 13.2. The first-order chi connectivity index (χ1) is 11.3. The van der Waals surface area contributed by atoms with Crippen molar-refractivity contribution in [1.29, 1.82) is 0 Å². The van der Waals surface area contributed by atoms with Crippen molar-refractivity contribution in [3.05, 3.63) is 96.6 Å².